The summed E-state index contributed by atoms with van der Waals surface area (Å²) in [5.41, 5.74) is 1.03. The topological polar surface area (TPSA) is 55.8 Å². The van der Waals surface area contributed by atoms with Gasteiger partial charge in [-0.1, -0.05) is 30.3 Å². The Morgan fingerprint density at radius 3 is 2.76 bits per heavy atom. The van der Waals surface area contributed by atoms with Crippen LogP contribution in [0.25, 0.3) is 0 Å². The third-order valence-corrected chi connectivity index (χ3v) is 2.46. The predicted molar refractivity (Wildman–Crippen MR) is 61.1 cm³/mol. The van der Waals surface area contributed by atoms with Crippen molar-refractivity contribution in [1.29, 1.82) is 0 Å². The lowest BCUT2D eigenvalue weighted by Gasteiger charge is -2.23. The molecule has 0 saturated carbocycles. The van der Waals surface area contributed by atoms with Crippen LogP contribution < -0.4 is 0 Å². The Hall–Kier alpha value is -1.49. The molecular weight excluding hydrogens is 220 g/mol. The van der Waals surface area contributed by atoms with Crippen molar-refractivity contribution in [3.8, 4) is 0 Å². The Bertz CT molecular complexity index is 399. The highest BCUT2D eigenvalue weighted by atomic mass is 16.7. The third-order valence-electron chi connectivity index (χ3n) is 2.46. The first-order valence-electron chi connectivity index (χ1n) is 5.43. The highest BCUT2D eigenvalue weighted by Crippen LogP contribution is 2.12. The lowest BCUT2D eigenvalue weighted by atomic mass is 10.2. The van der Waals surface area contributed by atoms with Crippen LogP contribution in [0.2, 0.25) is 0 Å². The molecule has 0 radical (unpaired) electrons. The number of carbonyl (C=O) groups excluding carboxylic acids is 1. The number of ketones is 1. The van der Waals surface area contributed by atoms with Gasteiger partial charge in [0.2, 0.25) is 0 Å². The standard InChI is InChI=1S/C13H14O4/c14-8-12-11(15)6-7-13(17-12)16-9-10-4-2-1-3-5-10/h1-7,12-14H,8-9H2/t12-,13+/m1/s1. The van der Waals surface area contributed by atoms with Crippen molar-refractivity contribution in [3.05, 3.63) is 48.0 Å². The summed E-state index contributed by atoms with van der Waals surface area (Å²) in [6, 6.07) is 9.68. The molecule has 1 aliphatic heterocycles. The highest BCUT2D eigenvalue weighted by Gasteiger charge is 2.24. The SMILES string of the molecule is O=C1C=C[C@@H](OCc2ccccc2)O[C@@H]1CO. The fourth-order valence-corrected chi connectivity index (χ4v) is 1.54. The first kappa shape index (κ1) is 12.0. The summed E-state index contributed by atoms with van der Waals surface area (Å²) in [5.74, 6) is -0.230. The molecule has 1 N–H and O–H groups in total. The van der Waals surface area contributed by atoms with Crippen LogP contribution in [-0.2, 0) is 20.9 Å². The number of carbonyl (C=O) groups is 1. The van der Waals surface area contributed by atoms with Gasteiger partial charge in [-0.2, -0.15) is 0 Å². The molecule has 0 aromatic heterocycles. The molecule has 4 heteroatoms. The smallest absolute Gasteiger partial charge is 0.186 e. The number of rotatable bonds is 4. The number of aliphatic hydroxyl groups is 1. The van der Waals surface area contributed by atoms with Crippen LogP contribution in [0.15, 0.2) is 42.5 Å². The van der Waals surface area contributed by atoms with Gasteiger partial charge in [0.05, 0.1) is 13.2 Å². The molecule has 1 aliphatic rings. The van der Waals surface area contributed by atoms with Crippen molar-refractivity contribution in [3.63, 3.8) is 0 Å². The Kier molecular flexibility index (Phi) is 4.03. The lowest BCUT2D eigenvalue weighted by molar-refractivity contribution is -0.172. The van der Waals surface area contributed by atoms with Crippen molar-refractivity contribution in [1.82, 2.24) is 0 Å². The molecule has 0 fully saturated rings. The minimum Gasteiger partial charge on any atom is -0.393 e. The number of aliphatic hydroxyl groups excluding tert-OH is 1. The number of hydrogen-bond acceptors (Lipinski definition) is 4. The van der Waals surface area contributed by atoms with Gasteiger partial charge in [0.1, 0.15) is 6.10 Å². The summed E-state index contributed by atoms with van der Waals surface area (Å²) in [6.45, 7) is 0.0799. The average molecular weight is 234 g/mol. The van der Waals surface area contributed by atoms with Gasteiger partial charge in [0.15, 0.2) is 12.1 Å². The van der Waals surface area contributed by atoms with E-state index in [4.69, 9.17) is 14.6 Å². The first-order chi connectivity index (χ1) is 8.29. The van der Waals surface area contributed by atoms with Crippen molar-refractivity contribution in [2.75, 3.05) is 6.61 Å². The van der Waals surface area contributed by atoms with E-state index >= 15 is 0 Å². The van der Waals surface area contributed by atoms with E-state index in [2.05, 4.69) is 0 Å². The zero-order valence-corrected chi connectivity index (χ0v) is 9.28. The fourth-order valence-electron chi connectivity index (χ4n) is 1.54. The van der Waals surface area contributed by atoms with Gasteiger partial charge in [-0.15, -0.1) is 0 Å². The summed E-state index contributed by atoms with van der Waals surface area (Å²) >= 11 is 0. The molecule has 1 aromatic rings. The normalized spacial score (nSPS) is 23.9. The Labute approximate surface area is 99.5 Å². The molecule has 1 aromatic carbocycles. The maximum Gasteiger partial charge on any atom is 0.186 e. The third kappa shape index (κ3) is 3.23. The van der Waals surface area contributed by atoms with Crippen LogP contribution in [0.3, 0.4) is 0 Å². The summed E-state index contributed by atoms with van der Waals surface area (Å²) in [7, 11) is 0. The Morgan fingerprint density at radius 1 is 1.29 bits per heavy atom. The van der Waals surface area contributed by atoms with Crippen LogP contribution in [0.5, 0.6) is 0 Å². The van der Waals surface area contributed by atoms with Crippen molar-refractivity contribution in [2.24, 2.45) is 0 Å². The van der Waals surface area contributed by atoms with Crippen LogP contribution in [-0.4, -0.2) is 29.9 Å². The second kappa shape index (κ2) is 5.72. The summed E-state index contributed by atoms with van der Waals surface area (Å²) in [6.07, 6.45) is 1.56. The maximum atomic E-state index is 11.2. The zero-order chi connectivity index (χ0) is 12.1. The van der Waals surface area contributed by atoms with Crippen molar-refractivity contribution >= 4 is 5.78 Å². The van der Waals surface area contributed by atoms with Crippen molar-refractivity contribution in [2.45, 2.75) is 19.0 Å². The van der Waals surface area contributed by atoms with Gasteiger partial charge in [-0.3, -0.25) is 4.79 Å². The van der Waals surface area contributed by atoms with E-state index in [0.717, 1.165) is 5.56 Å². The summed E-state index contributed by atoms with van der Waals surface area (Å²) in [4.78, 5) is 11.2. The van der Waals surface area contributed by atoms with Crippen LogP contribution >= 0.6 is 0 Å². The van der Waals surface area contributed by atoms with Gasteiger partial charge in [-0.25, -0.2) is 0 Å². The molecule has 4 nitrogen and oxygen atoms in total. The molecule has 2 rings (SSSR count). The molecule has 0 aliphatic carbocycles. The quantitative estimate of drug-likeness (QED) is 0.846. The molecule has 2 atom stereocenters. The molecule has 0 bridgehead atoms. The average Bonchev–Trinajstić information content (AvgIpc) is 2.39. The Morgan fingerprint density at radius 2 is 2.06 bits per heavy atom. The minimum absolute atomic E-state index is 0.230. The number of benzene rings is 1. The molecule has 17 heavy (non-hydrogen) atoms. The first-order valence-corrected chi connectivity index (χ1v) is 5.43. The maximum absolute atomic E-state index is 11.2. The number of hydrogen-bond donors (Lipinski definition) is 1. The van der Waals surface area contributed by atoms with Gasteiger partial charge in [0, 0.05) is 0 Å². The Balaban J connectivity index is 1.88. The summed E-state index contributed by atoms with van der Waals surface area (Å²) < 4.78 is 10.7. The van der Waals surface area contributed by atoms with Gasteiger partial charge >= 0.3 is 0 Å². The number of ether oxygens (including phenoxy) is 2. The molecule has 0 unspecified atom stereocenters. The molecule has 1 heterocycles. The van der Waals surface area contributed by atoms with E-state index in [0.29, 0.717) is 6.61 Å². The van der Waals surface area contributed by atoms with E-state index < -0.39 is 12.4 Å². The molecular formula is C13H14O4. The molecule has 0 spiro atoms. The van der Waals surface area contributed by atoms with E-state index in [9.17, 15) is 4.79 Å². The van der Waals surface area contributed by atoms with E-state index in [1.807, 2.05) is 30.3 Å². The summed E-state index contributed by atoms with van der Waals surface area (Å²) in [5, 5.41) is 8.93. The van der Waals surface area contributed by atoms with Crippen LogP contribution in [0.4, 0.5) is 0 Å². The molecule has 0 saturated heterocycles. The van der Waals surface area contributed by atoms with Crippen LogP contribution in [0, 0.1) is 0 Å². The van der Waals surface area contributed by atoms with E-state index in [1.54, 1.807) is 6.08 Å². The molecule has 90 valence electrons. The van der Waals surface area contributed by atoms with Gasteiger partial charge in [0.25, 0.3) is 0 Å². The van der Waals surface area contributed by atoms with Gasteiger partial charge in [-0.05, 0) is 17.7 Å². The lowest BCUT2D eigenvalue weighted by Crippen LogP contribution is -2.35. The predicted octanol–water partition coefficient (Wildman–Crippen LogP) is 1.05. The zero-order valence-electron chi connectivity index (χ0n) is 9.28. The van der Waals surface area contributed by atoms with Crippen LogP contribution in [0.1, 0.15) is 5.56 Å². The van der Waals surface area contributed by atoms with Crippen molar-refractivity contribution < 1.29 is 19.4 Å². The van der Waals surface area contributed by atoms with E-state index in [1.165, 1.54) is 6.08 Å². The van der Waals surface area contributed by atoms with Gasteiger partial charge < -0.3 is 14.6 Å². The highest BCUT2D eigenvalue weighted by molar-refractivity contribution is 5.94. The second-order valence-electron chi connectivity index (χ2n) is 3.73. The fraction of sp³-hybridized carbons (Fsp3) is 0.308. The second-order valence-corrected chi connectivity index (χ2v) is 3.73. The van der Waals surface area contributed by atoms with E-state index in [-0.39, 0.29) is 12.4 Å². The monoisotopic (exact) mass is 234 g/mol. The largest absolute Gasteiger partial charge is 0.393 e. The molecule has 0 amide bonds. The minimum atomic E-state index is -0.805.